The van der Waals surface area contributed by atoms with Gasteiger partial charge >= 0.3 is 0 Å². The number of aromatic nitrogens is 1. The monoisotopic (exact) mass is 414 g/mol. The van der Waals surface area contributed by atoms with Crippen LogP contribution in [0.4, 0.5) is 0 Å². The molecule has 2 N–H and O–H groups in total. The summed E-state index contributed by atoms with van der Waals surface area (Å²) in [6, 6.07) is 16.1. The van der Waals surface area contributed by atoms with Crippen molar-refractivity contribution in [1.82, 2.24) is 10.3 Å². The van der Waals surface area contributed by atoms with Gasteiger partial charge in [-0.1, -0.05) is 35.9 Å². The van der Waals surface area contributed by atoms with Crippen LogP contribution in [-0.4, -0.2) is 37.1 Å². The molecular formula is C22H25ClN3OS+. The van der Waals surface area contributed by atoms with Crippen molar-refractivity contribution in [2.75, 3.05) is 26.2 Å². The Morgan fingerprint density at radius 1 is 1.25 bits per heavy atom. The van der Waals surface area contributed by atoms with Gasteiger partial charge < -0.3 is 10.2 Å². The fourth-order valence-electron chi connectivity index (χ4n) is 3.92. The van der Waals surface area contributed by atoms with Gasteiger partial charge in [0.1, 0.15) is 5.01 Å². The van der Waals surface area contributed by atoms with E-state index < -0.39 is 0 Å². The Balaban J connectivity index is 1.27. The first-order chi connectivity index (χ1) is 13.7. The van der Waals surface area contributed by atoms with E-state index in [-0.39, 0.29) is 5.91 Å². The fourth-order valence-corrected chi connectivity index (χ4v) is 5.23. The summed E-state index contributed by atoms with van der Waals surface area (Å²) in [6.07, 6.45) is 3.11. The number of nitrogens with zero attached hydrogens (tertiary/aromatic N) is 1. The first-order valence-electron chi connectivity index (χ1n) is 9.87. The normalized spacial score (nSPS) is 19.6. The Morgan fingerprint density at radius 3 is 3.00 bits per heavy atom. The number of halogens is 1. The van der Waals surface area contributed by atoms with Gasteiger partial charge in [-0.2, -0.15) is 0 Å². The van der Waals surface area contributed by atoms with E-state index in [1.54, 1.807) is 11.3 Å². The largest absolute Gasteiger partial charge is 0.351 e. The molecule has 3 aromatic rings. The minimum absolute atomic E-state index is 0.127. The fraction of sp³-hybridized carbons (Fsp3) is 0.364. The number of piperidine rings is 1. The highest BCUT2D eigenvalue weighted by Gasteiger charge is 2.28. The summed E-state index contributed by atoms with van der Waals surface area (Å²) in [5.74, 6) is 0.586. The Hall–Kier alpha value is -1.95. The molecule has 0 saturated carbocycles. The molecule has 0 aliphatic carbocycles. The maximum absolute atomic E-state index is 12.4. The van der Waals surface area contributed by atoms with Crippen molar-refractivity contribution >= 4 is 39.1 Å². The molecule has 1 saturated heterocycles. The first kappa shape index (κ1) is 19.4. The number of quaternary nitrogens is 1. The van der Waals surface area contributed by atoms with E-state index in [2.05, 4.69) is 23.5 Å². The summed E-state index contributed by atoms with van der Waals surface area (Å²) in [5, 5.41) is 5.02. The number of para-hydroxylation sites is 1. The summed E-state index contributed by atoms with van der Waals surface area (Å²) in [4.78, 5) is 18.6. The van der Waals surface area contributed by atoms with Gasteiger partial charge in [-0.05, 0) is 49.1 Å². The number of likely N-dealkylation sites (tertiary alicyclic amines) is 1. The summed E-state index contributed by atoms with van der Waals surface area (Å²) >= 11 is 7.81. The second-order valence-corrected chi connectivity index (χ2v) is 8.97. The number of carbonyl (C=O) groups is 1. The number of carbonyl (C=O) groups excluding carboxylic acids is 1. The van der Waals surface area contributed by atoms with E-state index in [4.69, 9.17) is 16.6 Å². The smallest absolute Gasteiger partial charge is 0.275 e. The number of benzene rings is 2. The van der Waals surface area contributed by atoms with Gasteiger partial charge in [-0.25, -0.2) is 4.98 Å². The molecule has 28 heavy (non-hydrogen) atoms. The Labute approximate surface area is 174 Å². The lowest BCUT2D eigenvalue weighted by Gasteiger charge is -2.28. The zero-order valence-electron chi connectivity index (χ0n) is 15.8. The molecule has 1 aromatic heterocycles. The molecule has 1 aliphatic rings. The van der Waals surface area contributed by atoms with Crippen molar-refractivity contribution in [1.29, 1.82) is 0 Å². The van der Waals surface area contributed by atoms with E-state index >= 15 is 0 Å². The summed E-state index contributed by atoms with van der Waals surface area (Å²) in [5.41, 5.74) is 2.24. The minimum Gasteiger partial charge on any atom is -0.351 e. The van der Waals surface area contributed by atoms with Gasteiger partial charge in [0.25, 0.3) is 5.91 Å². The number of nitrogens with one attached hydrogen (secondary N) is 2. The van der Waals surface area contributed by atoms with E-state index in [9.17, 15) is 4.79 Å². The van der Waals surface area contributed by atoms with Crippen LogP contribution < -0.4 is 10.2 Å². The lowest BCUT2D eigenvalue weighted by molar-refractivity contribution is -0.898. The molecule has 0 radical (unpaired) electrons. The number of hydrogen-bond acceptors (Lipinski definition) is 3. The van der Waals surface area contributed by atoms with Crippen LogP contribution in [0.5, 0.6) is 0 Å². The highest BCUT2D eigenvalue weighted by molar-refractivity contribution is 7.18. The molecule has 6 heteroatoms. The molecule has 146 valence electrons. The zero-order chi connectivity index (χ0) is 19.3. The van der Waals surface area contributed by atoms with Crippen LogP contribution in [0.1, 0.15) is 29.3 Å². The van der Waals surface area contributed by atoms with Gasteiger partial charge in [0, 0.05) is 11.6 Å². The lowest BCUT2D eigenvalue weighted by atomic mass is 9.99. The average Bonchev–Trinajstić information content (AvgIpc) is 3.13. The quantitative estimate of drug-likeness (QED) is 0.651. The van der Waals surface area contributed by atoms with Crippen LogP contribution in [0.2, 0.25) is 5.02 Å². The maximum Gasteiger partial charge on any atom is 0.275 e. The second kappa shape index (κ2) is 9.03. The van der Waals surface area contributed by atoms with Crippen LogP contribution in [0.3, 0.4) is 0 Å². The molecule has 4 nitrogen and oxygen atoms in total. The zero-order valence-corrected chi connectivity index (χ0v) is 17.4. The van der Waals surface area contributed by atoms with Crippen molar-refractivity contribution in [2.45, 2.75) is 25.2 Å². The molecular weight excluding hydrogens is 390 g/mol. The van der Waals surface area contributed by atoms with E-state index in [1.807, 2.05) is 30.3 Å². The second-order valence-electron chi connectivity index (χ2n) is 7.47. The van der Waals surface area contributed by atoms with Gasteiger partial charge in [-0.15, -0.1) is 11.3 Å². The number of thiazole rings is 1. The lowest BCUT2D eigenvalue weighted by Crippen LogP contribution is -3.14. The van der Waals surface area contributed by atoms with Gasteiger partial charge in [-0.3, -0.25) is 4.79 Å². The average molecular weight is 415 g/mol. The van der Waals surface area contributed by atoms with Crippen molar-refractivity contribution in [3.05, 3.63) is 64.1 Å². The molecule has 0 bridgehead atoms. The van der Waals surface area contributed by atoms with Crippen LogP contribution in [0.25, 0.3) is 10.2 Å². The molecule has 1 aliphatic heterocycles. The van der Waals surface area contributed by atoms with Gasteiger partial charge in [0.15, 0.2) is 6.54 Å². The van der Waals surface area contributed by atoms with Gasteiger partial charge in [0.05, 0.1) is 29.2 Å². The molecule has 4 rings (SSSR count). The standard InChI is InChI=1S/C22H24ClN3OS/c23-18-7-3-5-16(13-18)10-11-24-21(27)15-26-12-4-6-17(14-26)22-25-19-8-1-2-9-20(19)28-22/h1-3,5,7-9,13,17H,4,6,10-12,14-15H2,(H,24,27)/p+1/t17-/m1/s1. The van der Waals surface area contributed by atoms with E-state index in [0.29, 0.717) is 19.0 Å². The van der Waals surface area contributed by atoms with Crippen LogP contribution >= 0.6 is 22.9 Å². The van der Waals surface area contributed by atoms with Gasteiger partial charge in [0.2, 0.25) is 0 Å². The number of amides is 1. The molecule has 1 amide bonds. The van der Waals surface area contributed by atoms with Crippen molar-refractivity contribution < 1.29 is 9.69 Å². The predicted molar refractivity (Wildman–Crippen MR) is 115 cm³/mol. The number of rotatable bonds is 6. The van der Waals surface area contributed by atoms with E-state index in [0.717, 1.165) is 42.0 Å². The topological polar surface area (TPSA) is 46.4 Å². The molecule has 2 atom stereocenters. The number of hydrogen-bond donors (Lipinski definition) is 2. The molecule has 0 spiro atoms. The third-order valence-electron chi connectivity index (χ3n) is 5.31. The highest BCUT2D eigenvalue weighted by atomic mass is 35.5. The Kier molecular flexibility index (Phi) is 6.25. The summed E-state index contributed by atoms with van der Waals surface area (Å²) < 4.78 is 1.25. The minimum atomic E-state index is 0.127. The molecule has 2 aromatic carbocycles. The van der Waals surface area contributed by atoms with Crippen molar-refractivity contribution in [2.24, 2.45) is 0 Å². The molecule has 1 fully saturated rings. The Bertz CT molecular complexity index is 925. The van der Waals surface area contributed by atoms with Crippen molar-refractivity contribution in [3.63, 3.8) is 0 Å². The highest BCUT2D eigenvalue weighted by Crippen LogP contribution is 2.30. The number of fused-ring (bicyclic) bond motifs is 1. The molecule has 1 unspecified atom stereocenters. The maximum atomic E-state index is 12.4. The third kappa shape index (κ3) is 4.90. The van der Waals surface area contributed by atoms with E-state index in [1.165, 1.54) is 21.0 Å². The Morgan fingerprint density at radius 2 is 2.14 bits per heavy atom. The summed E-state index contributed by atoms with van der Waals surface area (Å²) in [7, 11) is 0. The van der Waals surface area contributed by atoms with Crippen LogP contribution in [0.15, 0.2) is 48.5 Å². The SMILES string of the molecule is O=C(C[NH+]1CCC[C@@H](c2nc3ccccc3s2)C1)NCCc1cccc(Cl)c1. The predicted octanol–water partition coefficient (Wildman–Crippen LogP) is 3.07. The summed E-state index contributed by atoms with van der Waals surface area (Å²) in [6.45, 7) is 3.23. The van der Waals surface area contributed by atoms with Crippen LogP contribution in [0, 0.1) is 0 Å². The van der Waals surface area contributed by atoms with Crippen molar-refractivity contribution in [3.8, 4) is 0 Å². The first-order valence-corrected chi connectivity index (χ1v) is 11.1. The third-order valence-corrected chi connectivity index (χ3v) is 6.75. The molecule has 2 heterocycles. The van der Waals surface area contributed by atoms with Crippen LogP contribution in [-0.2, 0) is 11.2 Å².